The predicted octanol–water partition coefficient (Wildman–Crippen LogP) is 4.10. The summed E-state index contributed by atoms with van der Waals surface area (Å²) in [4.78, 5) is 2.47. The standard InChI is InChI=1S/C16H24ClN/c1-18(16-12-6-5-11-15(16)17)13-7-10-14-8-3-2-4-9-14/h2-4,8-9,15-16H,5-7,10-13H2,1H3. The lowest BCUT2D eigenvalue weighted by Crippen LogP contribution is -2.41. The van der Waals surface area contributed by atoms with Crippen molar-refractivity contribution in [1.29, 1.82) is 0 Å². The molecular weight excluding hydrogens is 242 g/mol. The van der Waals surface area contributed by atoms with Gasteiger partial charge < -0.3 is 4.90 Å². The number of benzene rings is 1. The van der Waals surface area contributed by atoms with Gasteiger partial charge >= 0.3 is 0 Å². The molecule has 2 atom stereocenters. The quantitative estimate of drug-likeness (QED) is 0.725. The molecule has 1 aromatic carbocycles. The second-order valence-corrected chi connectivity index (χ2v) is 6.00. The Balaban J connectivity index is 1.72. The Morgan fingerprint density at radius 1 is 1.17 bits per heavy atom. The highest BCUT2D eigenvalue weighted by Gasteiger charge is 2.25. The first-order valence-corrected chi connectivity index (χ1v) is 7.59. The molecule has 0 saturated heterocycles. The third kappa shape index (κ3) is 4.00. The second-order valence-electron chi connectivity index (χ2n) is 5.44. The number of halogens is 1. The van der Waals surface area contributed by atoms with Crippen molar-refractivity contribution >= 4 is 11.6 Å². The average Bonchev–Trinajstić information content (AvgIpc) is 2.40. The highest BCUT2D eigenvalue weighted by molar-refractivity contribution is 6.21. The number of hydrogen-bond donors (Lipinski definition) is 0. The van der Waals surface area contributed by atoms with Gasteiger partial charge in [-0.25, -0.2) is 0 Å². The fraction of sp³-hybridized carbons (Fsp3) is 0.625. The van der Waals surface area contributed by atoms with E-state index in [1.54, 1.807) is 0 Å². The summed E-state index contributed by atoms with van der Waals surface area (Å²) in [5, 5.41) is 0.362. The van der Waals surface area contributed by atoms with Crippen LogP contribution >= 0.6 is 11.6 Å². The number of hydrogen-bond acceptors (Lipinski definition) is 1. The lowest BCUT2D eigenvalue weighted by Gasteiger charge is -2.34. The van der Waals surface area contributed by atoms with Crippen LogP contribution in [-0.2, 0) is 6.42 Å². The average molecular weight is 266 g/mol. The van der Waals surface area contributed by atoms with Crippen molar-refractivity contribution in [2.45, 2.75) is 49.9 Å². The molecule has 0 amide bonds. The number of aryl methyl sites for hydroxylation is 1. The second kappa shape index (κ2) is 7.16. The smallest absolute Gasteiger partial charge is 0.0491 e. The maximum absolute atomic E-state index is 6.43. The molecule has 2 rings (SSSR count). The fourth-order valence-corrected chi connectivity index (χ4v) is 3.38. The molecule has 0 aromatic heterocycles. The molecule has 0 bridgehead atoms. The van der Waals surface area contributed by atoms with Gasteiger partial charge in [0, 0.05) is 11.4 Å². The van der Waals surface area contributed by atoms with Gasteiger partial charge in [-0.05, 0) is 44.8 Å². The van der Waals surface area contributed by atoms with Gasteiger partial charge in [0.2, 0.25) is 0 Å². The molecular formula is C16H24ClN. The van der Waals surface area contributed by atoms with E-state index >= 15 is 0 Å². The third-order valence-electron chi connectivity index (χ3n) is 4.03. The van der Waals surface area contributed by atoms with E-state index < -0.39 is 0 Å². The summed E-state index contributed by atoms with van der Waals surface area (Å²) in [7, 11) is 2.23. The molecule has 0 aliphatic heterocycles. The SMILES string of the molecule is CN(CCCc1ccccc1)C1CCCCC1Cl. The summed E-state index contributed by atoms with van der Waals surface area (Å²) in [5.74, 6) is 0. The van der Waals surface area contributed by atoms with Crippen molar-refractivity contribution in [3.63, 3.8) is 0 Å². The summed E-state index contributed by atoms with van der Waals surface area (Å²) >= 11 is 6.43. The van der Waals surface area contributed by atoms with Crippen LogP contribution in [0.3, 0.4) is 0 Å². The Kier molecular flexibility index (Phi) is 5.52. The minimum absolute atomic E-state index is 0.362. The molecule has 1 fully saturated rings. The molecule has 1 aliphatic carbocycles. The first-order valence-electron chi connectivity index (χ1n) is 7.15. The largest absolute Gasteiger partial charge is 0.302 e. The minimum Gasteiger partial charge on any atom is -0.302 e. The molecule has 0 heterocycles. The third-order valence-corrected chi connectivity index (χ3v) is 4.54. The van der Waals surface area contributed by atoms with Gasteiger partial charge in [0.25, 0.3) is 0 Å². The Morgan fingerprint density at radius 2 is 1.89 bits per heavy atom. The van der Waals surface area contributed by atoms with Gasteiger partial charge in [-0.1, -0.05) is 43.2 Å². The maximum atomic E-state index is 6.43. The molecule has 100 valence electrons. The number of rotatable bonds is 5. The number of alkyl halides is 1. The molecule has 2 heteroatoms. The zero-order chi connectivity index (χ0) is 12.8. The van der Waals surface area contributed by atoms with Crippen molar-refractivity contribution in [2.75, 3.05) is 13.6 Å². The van der Waals surface area contributed by atoms with Gasteiger partial charge in [0.15, 0.2) is 0 Å². The lowest BCUT2D eigenvalue weighted by atomic mass is 9.93. The van der Waals surface area contributed by atoms with Crippen LogP contribution in [0.1, 0.15) is 37.7 Å². The topological polar surface area (TPSA) is 3.24 Å². The van der Waals surface area contributed by atoms with Crippen molar-refractivity contribution in [2.24, 2.45) is 0 Å². The van der Waals surface area contributed by atoms with Crippen molar-refractivity contribution in [1.82, 2.24) is 4.90 Å². The van der Waals surface area contributed by atoms with E-state index in [2.05, 4.69) is 42.3 Å². The molecule has 18 heavy (non-hydrogen) atoms. The van der Waals surface area contributed by atoms with E-state index in [0.717, 1.165) is 6.54 Å². The summed E-state index contributed by atoms with van der Waals surface area (Å²) in [6.45, 7) is 1.16. The number of nitrogens with zero attached hydrogens (tertiary/aromatic N) is 1. The van der Waals surface area contributed by atoms with E-state index in [-0.39, 0.29) is 0 Å². The lowest BCUT2D eigenvalue weighted by molar-refractivity contribution is 0.194. The summed E-state index contributed by atoms with van der Waals surface area (Å²) in [5.41, 5.74) is 1.44. The van der Waals surface area contributed by atoms with E-state index in [1.165, 1.54) is 44.1 Å². The molecule has 1 aromatic rings. The first-order chi connectivity index (χ1) is 8.77. The van der Waals surface area contributed by atoms with Gasteiger partial charge in [0.05, 0.1) is 0 Å². The van der Waals surface area contributed by atoms with Crippen LogP contribution in [-0.4, -0.2) is 29.9 Å². The maximum Gasteiger partial charge on any atom is 0.0491 e. The normalized spacial score (nSPS) is 24.4. The van der Waals surface area contributed by atoms with Crippen molar-refractivity contribution < 1.29 is 0 Å². The van der Waals surface area contributed by atoms with Crippen LogP contribution in [0.25, 0.3) is 0 Å². The molecule has 1 aliphatic rings. The Bertz CT molecular complexity index is 338. The van der Waals surface area contributed by atoms with Gasteiger partial charge in [-0.3, -0.25) is 0 Å². The minimum atomic E-state index is 0.362. The summed E-state index contributed by atoms with van der Waals surface area (Å²) in [6, 6.07) is 11.3. The zero-order valence-corrected chi connectivity index (χ0v) is 12.1. The summed E-state index contributed by atoms with van der Waals surface area (Å²) in [6.07, 6.45) is 7.51. The van der Waals surface area contributed by atoms with Gasteiger partial charge in [0.1, 0.15) is 0 Å². The Morgan fingerprint density at radius 3 is 2.61 bits per heavy atom. The molecule has 2 unspecified atom stereocenters. The predicted molar refractivity (Wildman–Crippen MR) is 79.3 cm³/mol. The highest BCUT2D eigenvalue weighted by atomic mass is 35.5. The van der Waals surface area contributed by atoms with E-state index in [0.29, 0.717) is 11.4 Å². The molecule has 1 saturated carbocycles. The van der Waals surface area contributed by atoms with Crippen LogP contribution in [0.4, 0.5) is 0 Å². The molecule has 1 nitrogen and oxygen atoms in total. The monoisotopic (exact) mass is 265 g/mol. The zero-order valence-electron chi connectivity index (χ0n) is 11.3. The molecule has 0 spiro atoms. The van der Waals surface area contributed by atoms with E-state index in [4.69, 9.17) is 11.6 Å². The summed E-state index contributed by atoms with van der Waals surface area (Å²) < 4.78 is 0. The van der Waals surface area contributed by atoms with Gasteiger partial charge in [-0.15, -0.1) is 11.6 Å². The van der Waals surface area contributed by atoms with Crippen LogP contribution in [0.15, 0.2) is 30.3 Å². The fourth-order valence-electron chi connectivity index (χ4n) is 2.91. The van der Waals surface area contributed by atoms with E-state index in [9.17, 15) is 0 Å². The van der Waals surface area contributed by atoms with Crippen LogP contribution in [0.2, 0.25) is 0 Å². The van der Waals surface area contributed by atoms with Gasteiger partial charge in [-0.2, -0.15) is 0 Å². The van der Waals surface area contributed by atoms with Crippen LogP contribution in [0, 0.1) is 0 Å². The van der Waals surface area contributed by atoms with E-state index in [1.807, 2.05) is 0 Å². The van der Waals surface area contributed by atoms with Crippen molar-refractivity contribution in [3.8, 4) is 0 Å². The molecule has 0 N–H and O–H groups in total. The Hall–Kier alpha value is -0.530. The van der Waals surface area contributed by atoms with Crippen molar-refractivity contribution in [3.05, 3.63) is 35.9 Å². The highest BCUT2D eigenvalue weighted by Crippen LogP contribution is 2.26. The van der Waals surface area contributed by atoms with Crippen LogP contribution < -0.4 is 0 Å². The van der Waals surface area contributed by atoms with Crippen LogP contribution in [0.5, 0.6) is 0 Å². The first kappa shape index (κ1) is 13.9. The Labute approximate surface area is 116 Å². The molecule has 0 radical (unpaired) electrons.